The summed E-state index contributed by atoms with van der Waals surface area (Å²) < 4.78 is 11.0. The quantitative estimate of drug-likeness (QED) is 0.521. The first-order valence-electron chi connectivity index (χ1n) is 9.26. The molecule has 0 saturated heterocycles. The van der Waals surface area contributed by atoms with Gasteiger partial charge in [-0.25, -0.2) is 9.98 Å². The van der Waals surface area contributed by atoms with E-state index in [1.165, 1.54) is 0 Å². The van der Waals surface area contributed by atoms with E-state index in [1.54, 1.807) is 18.4 Å². The zero-order valence-corrected chi connectivity index (χ0v) is 17.7. The Hall–Kier alpha value is -2.12. The van der Waals surface area contributed by atoms with Crippen molar-refractivity contribution in [2.24, 2.45) is 4.99 Å². The van der Waals surface area contributed by atoms with E-state index in [0.717, 1.165) is 34.5 Å². The fraction of sp³-hybridized carbons (Fsp3) is 0.500. The van der Waals surface area contributed by atoms with Gasteiger partial charge in [-0.3, -0.25) is 0 Å². The monoisotopic (exact) mass is 390 g/mol. The highest BCUT2D eigenvalue weighted by atomic mass is 32.1. The van der Waals surface area contributed by atoms with Crippen LogP contribution < -0.4 is 10.1 Å². The summed E-state index contributed by atoms with van der Waals surface area (Å²) in [6.07, 6.45) is 0.0195. The molecule has 0 aliphatic rings. The summed E-state index contributed by atoms with van der Waals surface area (Å²) in [4.78, 5) is 11.5. The third kappa shape index (κ3) is 6.22. The number of aliphatic imine (C=N–C) groups is 1. The third-order valence-electron chi connectivity index (χ3n) is 4.04. The maximum Gasteiger partial charge on any atom is 0.194 e. The molecule has 0 fully saturated rings. The number of hydrogen-bond donors (Lipinski definition) is 1. The van der Waals surface area contributed by atoms with Gasteiger partial charge in [0, 0.05) is 31.6 Å². The molecule has 6 nitrogen and oxygen atoms in total. The molecule has 2 rings (SSSR count). The predicted octanol–water partition coefficient (Wildman–Crippen LogP) is 3.85. The lowest BCUT2D eigenvalue weighted by Gasteiger charge is -2.21. The molecule has 2 aromatic rings. The van der Waals surface area contributed by atoms with Crippen LogP contribution in [-0.4, -0.2) is 43.2 Å². The van der Waals surface area contributed by atoms with Crippen molar-refractivity contribution in [3.8, 4) is 5.75 Å². The summed E-state index contributed by atoms with van der Waals surface area (Å²) in [5, 5.41) is 6.42. The van der Waals surface area contributed by atoms with Crippen LogP contribution in [0.3, 0.4) is 0 Å². The van der Waals surface area contributed by atoms with Gasteiger partial charge in [0.1, 0.15) is 16.9 Å². The van der Waals surface area contributed by atoms with Gasteiger partial charge in [0.15, 0.2) is 5.96 Å². The second-order valence-corrected chi connectivity index (χ2v) is 7.01. The maximum atomic E-state index is 5.70. The van der Waals surface area contributed by atoms with Gasteiger partial charge >= 0.3 is 0 Å². The van der Waals surface area contributed by atoms with Crippen LogP contribution in [0.2, 0.25) is 0 Å². The number of benzene rings is 1. The van der Waals surface area contributed by atoms with Crippen molar-refractivity contribution in [2.75, 3.05) is 27.3 Å². The highest BCUT2D eigenvalue weighted by Crippen LogP contribution is 2.21. The van der Waals surface area contributed by atoms with Crippen LogP contribution in [-0.2, 0) is 17.8 Å². The van der Waals surface area contributed by atoms with Crippen LogP contribution in [0.4, 0.5) is 0 Å². The zero-order valence-electron chi connectivity index (χ0n) is 16.9. The smallest absolute Gasteiger partial charge is 0.194 e. The second-order valence-electron chi connectivity index (χ2n) is 6.12. The summed E-state index contributed by atoms with van der Waals surface area (Å²) in [6, 6.07) is 8.03. The molecule has 1 heterocycles. The largest absolute Gasteiger partial charge is 0.494 e. The summed E-state index contributed by atoms with van der Waals surface area (Å²) in [5.41, 5.74) is 2.09. The first-order chi connectivity index (χ1) is 13.1. The van der Waals surface area contributed by atoms with Crippen molar-refractivity contribution < 1.29 is 9.47 Å². The molecule has 7 heteroatoms. The van der Waals surface area contributed by atoms with Crippen molar-refractivity contribution in [3.05, 3.63) is 45.9 Å². The van der Waals surface area contributed by atoms with Crippen LogP contribution in [0.15, 0.2) is 34.6 Å². The minimum absolute atomic E-state index is 0.0195. The van der Waals surface area contributed by atoms with Crippen LogP contribution in [0, 0.1) is 0 Å². The summed E-state index contributed by atoms with van der Waals surface area (Å²) in [7, 11) is 3.72. The minimum atomic E-state index is 0.0195. The van der Waals surface area contributed by atoms with Crippen molar-refractivity contribution >= 4 is 17.3 Å². The Labute approximate surface area is 166 Å². The fourth-order valence-corrected chi connectivity index (χ4v) is 3.40. The van der Waals surface area contributed by atoms with Crippen molar-refractivity contribution in [3.63, 3.8) is 0 Å². The summed E-state index contributed by atoms with van der Waals surface area (Å²) in [5.74, 6) is 1.73. The Morgan fingerprint density at radius 1 is 1.33 bits per heavy atom. The van der Waals surface area contributed by atoms with E-state index in [9.17, 15) is 0 Å². The Morgan fingerprint density at radius 2 is 2.11 bits per heavy atom. The number of para-hydroxylation sites is 1. The van der Waals surface area contributed by atoms with Crippen LogP contribution in [0.1, 0.15) is 43.1 Å². The molecule has 0 amide bonds. The van der Waals surface area contributed by atoms with E-state index in [4.69, 9.17) is 14.5 Å². The SMILES string of the molecule is CCNC(=NCc1ccccc1OCC)N(C)Cc1csc(C(C)OC)n1. The average Bonchev–Trinajstić information content (AvgIpc) is 3.14. The van der Waals surface area contributed by atoms with Crippen molar-refractivity contribution in [2.45, 2.75) is 40.0 Å². The Balaban J connectivity index is 2.09. The lowest BCUT2D eigenvalue weighted by atomic mass is 10.2. The number of nitrogens with zero attached hydrogens (tertiary/aromatic N) is 3. The molecule has 0 radical (unpaired) electrons. The van der Waals surface area contributed by atoms with Crippen molar-refractivity contribution in [1.29, 1.82) is 0 Å². The van der Waals surface area contributed by atoms with Gasteiger partial charge in [-0.1, -0.05) is 18.2 Å². The van der Waals surface area contributed by atoms with Gasteiger partial charge in [0.2, 0.25) is 0 Å². The first-order valence-corrected chi connectivity index (χ1v) is 10.1. The number of thiazole rings is 1. The molecule has 1 aromatic carbocycles. The molecular formula is C20H30N4O2S. The Morgan fingerprint density at radius 3 is 2.81 bits per heavy atom. The molecular weight excluding hydrogens is 360 g/mol. The minimum Gasteiger partial charge on any atom is -0.494 e. The molecule has 1 aromatic heterocycles. The number of aromatic nitrogens is 1. The lowest BCUT2D eigenvalue weighted by molar-refractivity contribution is 0.119. The van der Waals surface area contributed by atoms with Gasteiger partial charge in [0.05, 0.1) is 25.4 Å². The third-order valence-corrected chi connectivity index (χ3v) is 5.09. The molecule has 0 bridgehead atoms. The Kier molecular flexibility index (Phi) is 8.54. The number of methoxy groups -OCH3 is 1. The van der Waals surface area contributed by atoms with Gasteiger partial charge in [-0.15, -0.1) is 11.3 Å². The molecule has 148 valence electrons. The standard InChI is InChI=1S/C20H30N4O2S/c1-6-21-20(22-12-16-10-8-9-11-18(16)26-7-2)24(4)13-17-14-27-19(23-17)15(3)25-5/h8-11,14-15H,6-7,12-13H2,1-5H3,(H,21,22). The van der Waals surface area contributed by atoms with E-state index < -0.39 is 0 Å². The molecule has 1 N–H and O–H groups in total. The lowest BCUT2D eigenvalue weighted by Crippen LogP contribution is -2.38. The number of nitrogens with one attached hydrogen (secondary N) is 1. The van der Waals surface area contributed by atoms with Gasteiger partial charge in [-0.2, -0.15) is 0 Å². The predicted molar refractivity (Wildman–Crippen MR) is 111 cm³/mol. The van der Waals surface area contributed by atoms with E-state index in [-0.39, 0.29) is 6.10 Å². The second kappa shape index (κ2) is 10.9. The van der Waals surface area contributed by atoms with Crippen LogP contribution in [0.5, 0.6) is 5.75 Å². The summed E-state index contributed by atoms with van der Waals surface area (Å²) >= 11 is 1.63. The number of guanidine groups is 1. The molecule has 27 heavy (non-hydrogen) atoms. The number of hydrogen-bond acceptors (Lipinski definition) is 5. The maximum absolute atomic E-state index is 5.70. The van der Waals surface area contributed by atoms with Crippen LogP contribution in [0.25, 0.3) is 0 Å². The van der Waals surface area contributed by atoms with E-state index >= 15 is 0 Å². The Bertz CT molecular complexity index is 732. The molecule has 0 aliphatic heterocycles. The van der Waals surface area contributed by atoms with Gasteiger partial charge in [-0.05, 0) is 26.8 Å². The molecule has 1 atom stereocenters. The average molecular weight is 391 g/mol. The van der Waals surface area contributed by atoms with Crippen molar-refractivity contribution in [1.82, 2.24) is 15.2 Å². The van der Waals surface area contributed by atoms with E-state index in [1.807, 2.05) is 39.1 Å². The molecule has 0 spiro atoms. The molecule has 1 unspecified atom stereocenters. The molecule has 0 aliphatic carbocycles. The normalized spacial score (nSPS) is 12.7. The topological polar surface area (TPSA) is 59.0 Å². The van der Waals surface area contributed by atoms with E-state index in [2.05, 4.69) is 33.6 Å². The zero-order chi connectivity index (χ0) is 19.6. The molecule has 0 saturated carbocycles. The fourth-order valence-electron chi connectivity index (χ4n) is 2.56. The van der Waals surface area contributed by atoms with E-state index in [0.29, 0.717) is 19.7 Å². The summed E-state index contributed by atoms with van der Waals surface area (Å²) in [6.45, 7) is 8.76. The van der Waals surface area contributed by atoms with Crippen LogP contribution >= 0.6 is 11.3 Å². The van der Waals surface area contributed by atoms with Gasteiger partial charge in [0.25, 0.3) is 0 Å². The highest BCUT2D eigenvalue weighted by Gasteiger charge is 2.13. The first kappa shape index (κ1) is 21.2. The number of rotatable bonds is 9. The number of ether oxygens (including phenoxy) is 2. The highest BCUT2D eigenvalue weighted by molar-refractivity contribution is 7.09. The van der Waals surface area contributed by atoms with Gasteiger partial charge < -0.3 is 19.7 Å².